The van der Waals surface area contributed by atoms with E-state index in [-0.39, 0.29) is 24.9 Å². The molecule has 1 aliphatic carbocycles. The van der Waals surface area contributed by atoms with E-state index in [2.05, 4.69) is 0 Å². The molecule has 0 atom stereocenters. The number of ether oxygens (including phenoxy) is 1. The lowest BCUT2D eigenvalue weighted by Crippen LogP contribution is -2.37. The largest absolute Gasteiger partial charge is 0.495 e. The average molecular weight is 312 g/mol. The lowest BCUT2D eigenvalue weighted by atomic mass is 10.1. The third-order valence-electron chi connectivity index (χ3n) is 3.46. The minimum atomic E-state index is -0.970. The summed E-state index contributed by atoms with van der Waals surface area (Å²) in [5.74, 6) is -0.494. The zero-order chi connectivity index (χ0) is 15.4. The SMILES string of the molecule is COc1ccc(CCC(=O)N(CC(=O)O)C2CC2)cc1Cl. The third kappa shape index (κ3) is 4.36. The van der Waals surface area contributed by atoms with Crippen molar-refractivity contribution >= 4 is 23.5 Å². The number of rotatable bonds is 7. The van der Waals surface area contributed by atoms with E-state index >= 15 is 0 Å². The van der Waals surface area contributed by atoms with Crippen molar-refractivity contribution in [2.75, 3.05) is 13.7 Å². The fourth-order valence-corrected chi connectivity index (χ4v) is 2.49. The molecule has 6 heteroatoms. The van der Waals surface area contributed by atoms with Gasteiger partial charge in [0.15, 0.2) is 0 Å². The van der Waals surface area contributed by atoms with E-state index in [1.54, 1.807) is 19.2 Å². The number of carbonyl (C=O) groups is 2. The first-order valence-corrected chi connectivity index (χ1v) is 7.22. The van der Waals surface area contributed by atoms with Gasteiger partial charge in [0.1, 0.15) is 12.3 Å². The molecule has 0 heterocycles. The Bertz CT molecular complexity index is 542. The van der Waals surface area contributed by atoms with Crippen molar-refractivity contribution in [3.05, 3.63) is 28.8 Å². The normalized spacial score (nSPS) is 13.8. The van der Waals surface area contributed by atoms with Crippen LogP contribution in [0.25, 0.3) is 0 Å². The van der Waals surface area contributed by atoms with Gasteiger partial charge < -0.3 is 14.7 Å². The Labute approximate surface area is 128 Å². The Kier molecular flexibility index (Phi) is 5.07. The molecule has 0 bridgehead atoms. The zero-order valence-corrected chi connectivity index (χ0v) is 12.6. The molecule has 0 unspecified atom stereocenters. The highest BCUT2D eigenvalue weighted by atomic mass is 35.5. The maximum Gasteiger partial charge on any atom is 0.323 e. The zero-order valence-electron chi connectivity index (χ0n) is 11.8. The predicted molar refractivity (Wildman–Crippen MR) is 78.7 cm³/mol. The van der Waals surface area contributed by atoms with Gasteiger partial charge in [0.2, 0.25) is 5.91 Å². The number of hydrogen-bond acceptors (Lipinski definition) is 3. The van der Waals surface area contributed by atoms with Crippen LogP contribution < -0.4 is 4.74 Å². The first-order chi connectivity index (χ1) is 10.0. The second-order valence-corrected chi connectivity index (χ2v) is 5.52. The molecule has 1 aromatic carbocycles. The van der Waals surface area contributed by atoms with Crippen LogP contribution >= 0.6 is 11.6 Å². The van der Waals surface area contributed by atoms with Gasteiger partial charge in [-0.2, -0.15) is 0 Å². The molecule has 0 radical (unpaired) electrons. The van der Waals surface area contributed by atoms with Crippen LogP contribution in [0.4, 0.5) is 0 Å². The molecule has 1 saturated carbocycles. The molecule has 0 aromatic heterocycles. The number of halogens is 1. The van der Waals surface area contributed by atoms with E-state index in [1.165, 1.54) is 4.90 Å². The second-order valence-electron chi connectivity index (χ2n) is 5.12. The van der Waals surface area contributed by atoms with E-state index in [1.807, 2.05) is 6.07 Å². The summed E-state index contributed by atoms with van der Waals surface area (Å²) in [5.41, 5.74) is 0.931. The number of nitrogens with zero attached hydrogens (tertiary/aromatic N) is 1. The Morgan fingerprint density at radius 3 is 2.67 bits per heavy atom. The number of hydrogen-bond donors (Lipinski definition) is 1. The predicted octanol–water partition coefficient (Wildman–Crippen LogP) is 2.36. The summed E-state index contributed by atoms with van der Waals surface area (Å²) in [5, 5.41) is 9.37. The van der Waals surface area contributed by atoms with E-state index in [0.29, 0.717) is 17.2 Å². The number of benzene rings is 1. The monoisotopic (exact) mass is 311 g/mol. The summed E-state index contributed by atoms with van der Waals surface area (Å²) in [6.45, 7) is -0.215. The molecule has 1 N–H and O–H groups in total. The van der Waals surface area contributed by atoms with Gasteiger partial charge in [-0.05, 0) is 37.0 Å². The smallest absolute Gasteiger partial charge is 0.323 e. The van der Waals surface area contributed by atoms with Crippen LogP contribution in [-0.2, 0) is 16.0 Å². The van der Waals surface area contributed by atoms with Gasteiger partial charge in [-0.1, -0.05) is 17.7 Å². The van der Waals surface area contributed by atoms with Crippen molar-refractivity contribution in [1.29, 1.82) is 0 Å². The molecular weight excluding hydrogens is 294 g/mol. The van der Waals surface area contributed by atoms with Gasteiger partial charge in [0.25, 0.3) is 0 Å². The third-order valence-corrected chi connectivity index (χ3v) is 3.75. The van der Waals surface area contributed by atoms with Crippen molar-refractivity contribution in [3.63, 3.8) is 0 Å². The minimum Gasteiger partial charge on any atom is -0.495 e. The van der Waals surface area contributed by atoms with Crippen LogP contribution in [0.3, 0.4) is 0 Å². The number of methoxy groups -OCH3 is 1. The summed E-state index contributed by atoms with van der Waals surface area (Å²) in [6, 6.07) is 5.49. The molecule has 1 fully saturated rings. The van der Waals surface area contributed by atoms with Crippen molar-refractivity contribution in [2.45, 2.75) is 31.7 Å². The molecule has 1 aromatic rings. The average Bonchev–Trinajstić information content (AvgIpc) is 3.26. The van der Waals surface area contributed by atoms with Gasteiger partial charge in [-0.25, -0.2) is 0 Å². The summed E-state index contributed by atoms with van der Waals surface area (Å²) in [4.78, 5) is 24.4. The highest BCUT2D eigenvalue weighted by Crippen LogP contribution is 2.28. The molecule has 1 amide bonds. The lowest BCUT2D eigenvalue weighted by molar-refractivity contribution is -0.144. The molecule has 5 nitrogen and oxygen atoms in total. The Morgan fingerprint density at radius 1 is 1.43 bits per heavy atom. The molecule has 0 spiro atoms. The number of aliphatic carboxylic acids is 1. The van der Waals surface area contributed by atoms with Gasteiger partial charge in [-0.15, -0.1) is 0 Å². The molecular formula is C15H18ClNO4. The van der Waals surface area contributed by atoms with Gasteiger partial charge >= 0.3 is 5.97 Å². The molecule has 1 aliphatic rings. The molecule has 0 saturated heterocycles. The topological polar surface area (TPSA) is 66.8 Å². The van der Waals surface area contributed by atoms with Crippen molar-refractivity contribution < 1.29 is 19.4 Å². The maximum atomic E-state index is 12.1. The fourth-order valence-electron chi connectivity index (χ4n) is 2.21. The number of amides is 1. The van der Waals surface area contributed by atoms with E-state index < -0.39 is 5.97 Å². The highest BCUT2D eigenvalue weighted by molar-refractivity contribution is 6.32. The van der Waals surface area contributed by atoms with Crippen molar-refractivity contribution in [2.24, 2.45) is 0 Å². The highest BCUT2D eigenvalue weighted by Gasteiger charge is 2.33. The van der Waals surface area contributed by atoms with Crippen LogP contribution in [0.5, 0.6) is 5.75 Å². The Balaban J connectivity index is 1.93. The number of carbonyl (C=O) groups excluding carboxylic acids is 1. The minimum absolute atomic E-state index is 0.105. The van der Waals surface area contributed by atoms with E-state index in [0.717, 1.165) is 18.4 Å². The number of carboxylic acid groups (broad SMARTS) is 1. The number of aryl methyl sites for hydroxylation is 1. The molecule has 0 aliphatic heterocycles. The second kappa shape index (κ2) is 6.80. The lowest BCUT2D eigenvalue weighted by Gasteiger charge is -2.20. The summed E-state index contributed by atoms with van der Waals surface area (Å²) >= 11 is 6.04. The van der Waals surface area contributed by atoms with Crippen LogP contribution in [-0.4, -0.2) is 41.6 Å². The van der Waals surface area contributed by atoms with Crippen molar-refractivity contribution in [3.8, 4) is 5.75 Å². The number of carboxylic acids is 1. The van der Waals surface area contributed by atoms with Gasteiger partial charge in [0.05, 0.1) is 12.1 Å². The quantitative estimate of drug-likeness (QED) is 0.839. The van der Waals surface area contributed by atoms with E-state index in [9.17, 15) is 9.59 Å². The molecule has 114 valence electrons. The first kappa shape index (κ1) is 15.6. The Morgan fingerprint density at radius 2 is 2.14 bits per heavy atom. The first-order valence-electron chi connectivity index (χ1n) is 6.85. The van der Waals surface area contributed by atoms with Gasteiger partial charge in [0, 0.05) is 12.5 Å². The van der Waals surface area contributed by atoms with Crippen LogP contribution in [0.15, 0.2) is 18.2 Å². The van der Waals surface area contributed by atoms with E-state index in [4.69, 9.17) is 21.4 Å². The van der Waals surface area contributed by atoms with Gasteiger partial charge in [-0.3, -0.25) is 9.59 Å². The maximum absolute atomic E-state index is 12.1. The molecule has 2 rings (SSSR count). The van der Waals surface area contributed by atoms with Crippen LogP contribution in [0, 0.1) is 0 Å². The summed E-state index contributed by atoms with van der Waals surface area (Å²) in [6.07, 6.45) is 2.61. The van der Waals surface area contributed by atoms with Crippen LogP contribution in [0.2, 0.25) is 5.02 Å². The Hall–Kier alpha value is -1.75. The summed E-state index contributed by atoms with van der Waals surface area (Å²) in [7, 11) is 1.55. The van der Waals surface area contributed by atoms with Crippen molar-refractivity contribution in [1.82, 2.24) is 4.90 Å². The fraction of sp³-hybridized carbons (Fsp3) is 0.467. The van der Waals surface area contributed by atoms with Crippen LogP contribution in [0.1, 0.15) is 24.8 Å². The molecule has 21 heavy (non-hydrogen) atoms. The standard InChI is InChI=1S/C15H18ClNO4/c1-21-13-6-2-10(8-12(13)16)3-7-14(18)17(9-15(19)20)11-4-5-11/h2,6,8,11H,3-5,7,9H2,1H3,(H,19,20). The summed E-state index contributed by atoms with van der Waals surface area (Å²) < 4.78 is 5.07.